The monoisotopic (exact) mass is 503 g/mol. The number of carbonyl (C=O) groups excluding carboxylic acids is 1. The number of halogens is 4. The number of carbonyl (C=O) groups is 1. The summed E-state index contributed by atoms with van der Waals surface area (Å²) in [6.07, 6.45) is -4.90. The number of phenols is 1. The predicted octanol–water partition coefficient (Wildman–Crippen LogP) is 7.21. The largest absolute Gasteiger partial charge is 0.508 e. The van der Waals surface area contributed by atoms with Crippen LogP contribution in [-0.2, 0) is 11.2 Å². The van der Waals surface area contributed by atoms with Gasteiger partial charge in [0.2, 0.25) is 5.91 Å². The van der Waals surface area contributed by atoms with Crippen molar-refractivity contribution in [1.82, 2.24) is 5.32 Å². The molecule has 1 amide bonds. The minimum absolute atomic E-state index is 0.0748. The Morgan fingerprint density at radius 2 is 1.71 bits per heavy atom. The predicted molar refractivity (Wildman–Crippen MR) is 127 cm³/mol. The molecule has 0 fully saturated rings. The van der Waals surface area contributed by atoms with E-state index in [1.807, 2.05) is 0 Å². The minimum atomic E-state index is -4.30. The van der Waals surface area contributed by atoms with Crippen molar-refractivity contribution in [2.45, 2.75) is 25.4 Å². The quantitative estimate of drug-likeness (QED) is 0.250. The van der Waals surface area contributed by atoms with E-state index in [2.05, 4.69) is 5.32 Å². The summed E-state index contributed by atoms with van der Waals surface area (Å²) in [7, 11) is 0. The number of nitrogens with one attached hydrogen (secondary N) is 1. The van der Waals surface area contributed by atoms with Crippen LogP contribution >= 0.6 is 11.3 Å². The Balaban J connectivity index is 1.47. The number of aromatic hydroxyl groups is 1. The van der Waals surface area contributed by atoms with Crippen LogP contribution in [0.1, 0.15) is 18.4 Å². The smallest absolute Gasteiger partial charge is 0.390 e. The zero-order valence-electron chi connectivity index (χ0n) is 18.4. The van der Waals surface area contributed by atoms with E-state index in [1.54, 1.807) is 54.6 Å². The summed E-state index contributed by atoms with van der Waals surface area (Å²) >= 11 is 1.42. The first kappa shape index (κ1) is 24.5. The van der Waals surface area contributed by atoms with E-state index in [9.17, 15) is 27.5 Å². The number of thiophene rings is 1. The third-order valence-corrected chi connectivity index (χ3v) is 6.43. The molecule has 1 aromatic heterocycles. The maximum absolute atomic E-state index is 13.4. The molecule has 0 saturated heterocycles. The Labute approximate surface area is 202 Å². The van der Waals surface area contributed by atoms with Crippen LogP contribution in [0.5, 0.6) is 17.2 Å². The number of hydrogen-bond acceptors (Lipinski definition) is 4. The van der Waals surface area contributed by atoms with E-state index < -0.39 is 25.0 Å². The van der Waals surface area contributed by atoms with Gasteiger partial charge in [-0.25, -0.2) is 4.39 Å². The molecule has 3 aromatic carbocycles. The van der Waals surface area contributed by atoms with Crippen molar-refractivity contribution in [3.05, 3.63) is 78.1 Å². The molecule has 2 N–H and O–H groups in total. The van der Waals surface area contributed by atoms with E-state index in [1.165, 1.54) is 23.5 Å². The number of ether oxygens (including phenoxy) is 1. The van der Waals surface area contributed by atoms with Crippen molar-refractivity contribution in [3.8, 4) is 27.7 Å². The van der Waals surface area contributed by atoms with Gasteiger partial charge in [-0.2, -0.15) is 13.2 Å². The van der Waals surface area contributed by atoms with Crippen LogP contribution in [0.25, 0.3) is 20.5 Å². The average molecular weight is 504 g/mol. The second-order valence-corrected chi connectivity index (χ2v) is 8.96. The maximum Gasteiger partial charge on any atom is 0.390 e. The van der Waals surface area contributed by atoms with Crippen LogP contribution in [0.15, 0.2) is 66.7 Å². The highest BCUT2D eigenvalue weighted by molar-refractivity contribution is 7.22. The van der Waals surface area contributed by atoms with E-state index in [4.69, 9.17) is 4.74 Å². The first-order chi connectivity index (χ1) is 16.7. The molecular weight excluding hydrogens is 482 g/mol. The molecule has 9 heteroatoms. The SMILES string of the molecule is O=C(CCc1ccc(Oc2c(-c3ccc(F)cc3)sc3cc(O)ccc23)cc1)NCCC(F)(F)F. The van der Waals surface area contributed by atoms with Crippen LogP contribution in [-0.4, -0.2) is 23.7 Å². The van der Waals surface area contributed by atoms with Crippen LogP contribution in [0.3, 0.4) is 0 Å². The summed E-state index contributed by atoms with van der Waals surface area (Å²) in [5, 5.41) is 12.9. The highest BCUT2D eigenvalue weighted by Crippen LogP contribution is 2.47. The van der Waals surface area contributed by atoms with Crippen molar-refractivity contribution in [2.75, 3.05) is 6.54 Å². The molecule has 0 spiro atoms. The van der Waals surface area contributed by atoms with E-state index >= 15 is 0 Å². The molecule has 0 aliphatic carbocycles. The number of hydrogen-bond donors (Lipinski definition) is 2. The second kappa shape index (κ2) is 10.4. The van der Waals surface area contributed by atoms with Gasteiger partial charge in [0.25, 0.3) is 0 Å². The fourth-order valence-corrected chi connectivity index (χ4v) is 4.65. The minimum Gasteiger partial charge on any atom is -0.508 e. The molecule has 182 valence electrons. The zero-order chi connectivity index (χ0) is 25.0. The molecule has 0 atom stereocenters. The third-order valence-electron chi connectivity index (χ3n) is 5.25. The Morgan fingerprint density at radius 1 is 1.00 bits per heavy atom. The molecular formula is C26H21F4NO3S. The lowest BCUT2D eigenvalue weighted by Crippen LogP contribution is -2.28. The lowest BCUT2D eigenvalue weighted by molar-refractivity contribution is -0.135. The van der Waals surface area contributed by atoms with Crippen molar-refractivity contribution in [3.63, 3.8) is 0 Å². The van der Waals surface area contributed by atoms with Crippen LogP contribution in [0.4, 0.5) is 17.6 Å². The van der Waals surface area contributed by atoms with Gasteiger partial charge in [0.15, 0.2) is 5.75 Å². The summed E-state index contributed by atoms with van der Waals surface area (Å²) in [4.78, 5) is 12.6. The molecule has 1 heterocycles. The van der Waals surface area contributed by atoms with Gasteiger partial charge in [0.1, 0.15) is 17.3 Å². The number of amides is 1. The third kappa shape index (κ3) is 6.51. The molecule has 0 aliphatic heterocycles. The van der Waals surface area contributed by atoms with Crippen molar-refractivity contribution < 1.29 is 32.2 Å². The Morgan fingerprint density at radius 3 is 2.40 bits per heavy atom. The fourth-order valence-electron chi connectivity index (χ4n) is 3.49. The number of alkyl halides is 3. The zero-order valence-corrected chi connectivity index (χ0v) is 19.2. The molecule has 4 nitrogen and oxygen atoms in total. The Kier molecular flexibility index (Phi) is 7.25. The number of aryl methyl sites for hydroxylation is 1. The van der Waals surface area contributed by atoms with Crippen molar-refractivity contribution >= 4 is 27.3 Å². The summed E-state index contributed by atoms with van der Waals surface area (Å²) in [6.45, 7) is -0.433. The normalized spacial score (nSPS) is 11.5. The number of benzene rings is 3. The maximum atomic E-state index is 13.4. The molecule has 0 aliphatic rings. The summed E-state index contributed by atoms with van der Waals surface area (Å²) in [6, 6.07) is 18.1. The second-order valence-electron chi connectivity index (χ2n) is 7.91. The van der Waals surface area contributed by atoms with Gasteiger partial charge in [-0.1, -0.05) is 24.3 Å². The fraction of sp³-hybridized carbons (Fsp3) is 0.192. The van der Waals surface area contributed by atoms with Gasteiger partial charge in [0.05, 0.1) is 11.3 Å². The molecule has 0 bridgehead atoms. The van der Waals surface area contributed by atoms with Gasteiger partial charge in [0, 0.05) is 23.1 Å². The first-order valence-electron chi connectivity index (χ1n) is 10.8. The molecule has 4 aromatic rings. The molecule has 35 heavy (non-hydrogen) atoms. The first-order valence-corrected chi connectivity index (χ1v) is 11.6. The van der Waals surface area contributed by atoms with E-state index in [0.29, 0.717) is 17.9 Å². The standard InChI is InChI=1S/C26H21F4NO3S/c27-18-6-4-17(5-7-18)25-24(21-11-8-19(32)15-22(21)35-25)34-20-9-1-16(2-10-20)3-12-23(33)31-14-13-26(28,29)30/h1-2,4-11,15,32H,3,12-14H2,(H,31,33). The van der Waals surface area contributed by atoms with Crippen molar-refractivity contribution in [1.29, 1.82) is 0 Å². The van der Waals surface area contributed by atoms with Crippen LogP contribution in [0, 0.1) is 5.82 Å². The van der Waals surface area contributed by atoms with Gasteiger partial charge in [-0.05, 0) is 60.0 Å². The highest BCUT2D eigenvalue weighted by atomic mass is 32.1. The van der Waals surface area contributed by atoms with Crippen LogP contribution < -0.4 is 10.1 Å². The average Bonchev–Trinajstić information content (AvgIpc) is 3.15. The van der Waals surface area contributed by atoms with E-state index in [0.717, 1.165) is 26.1 Å². The van der Waals surface area contributed by atoms with Gasteiger partial charge in [-0.3, -0.25) is 4.79 Å². The summed E-state index contributed by atoms with van der Waals surface area (Å²) in [5.41, 5.74) is 1.61. The van der Waals surface area contributed by atoms with Gasteiger partial charge < -0.3 is 15.2 Å². The lowest BCUT2D eigenvalue weighted by atomic mass is 10.1. The molecule has 0 unspecified atom stereocenters. The number of phenolic OH excluding ortho intramolecular Hbond substituents is 1. The highest BCUT2D eigenvalue weighted by Gasteiger charge is 2.26. The Bertz CT molecular complexity index is 1320. The van der Waals surface area contributed by atoms with E-state index in [-0.39, 0.29) is 18.0 Å². The lowest BCUT2D eigenvalue weighted by Gasteiger charge is -2.10. The Hall–Kier alpha value is -3.59. The molecule has 0 saturated carbocycles. The van der Waals surface area contributed by atoms with Gasteiger partial charge >= 0.3 is 6.18 Å². The summed E-state index contributed by atoms with van der Waals surface area (Å²) in [5.74, 6) is 0.460. The topological polar surface area (TPSA) is 58.6 Å². The number of fused-ring (bicyclic) bond motifs is 1. The van der Waals surface area contributed by atoms with Crippen molar-refractivity contribution in [2.24, 2.45) is 0 Å². The number of rotatable bonds is 8. The summed E-state index contributed by atoms with van der Waals surface area (Å²) < 4.78 is 57.0. The van der Waals surface area contributed by atoms with Crippen LogP contribution in [0.2, 0.25) is 0 Å². The molecule has 0 radical (unpaired) electrons. The van der Waals surface area contributed by atoms with Gasteiger partial charge in [-0.15, -0.1) is 11.3 Å². The molecule has 4 rings (SSSR count).